The summed E-state index contributed by atoms with van der Waals surface area (Å²) in [7, 11) is 0. The molecule has 0 saturated carbocycles. The largest absolute Gasteiger partial charge is 0.480 e. The molecular weight excluding hydrogens is 192 g/mol. The van der Waals surface area contributed by atoms with Crippen molar-refractivity contribution >= 4 is 11.7 Å². The average molecular weight is 204 g/mol. The molecule has 0 heterocycles. The highest BCUT2D eigenvalue weighted by molar-refractivity contribution is 5.77. The van der Waals surface area contributed by atoms with Crippen LogP contribution in [0.15, 0.2) is 18.2 Å². The van der Waals surface area contributed by atoms with E-state index in [1.807, 2.05) is 19.1 Å². The molecule has 0 aliphatic carbocycles. The van der Waals surface area contributed by atoms with Gasteiger partial charge in [0, 0.05) is 0 Å². The molecule has 0 aliphatic heterocycles. The second-order valence-electron chi connectivity index (χ2n) is 3.37. The second-order valence-corrected chi connectivity index (χ2v) is 3.37. The summed E-state index contributed by atoms with van der Waals surface area (Å²) in [5.41, 5.74) is 2.00. The SMILES string of the molecule is Cc1ccc(C#N)c(NC(C)C(=O)O)c1. The Morgan fingerprint density at radius 3 is 2.80 bits per heavy atom. The number of nitriles is 1. The molecule has 1 unspecified atom stereocenters. The van der Waals surface area contributed by atoms with Crippen LogP contribution in [-0.2, 0) is 4.79 Å². The van der Waals surface area contributed by atoms with Crippen LogP contribution in [0.5, 0.6) is 0 Å². The van der Waals surface area contributed by atoms with Crippen LogP contribution >= 0.6 is 0 Å². The number of nitrogens with zero attached hydrogens (tertiary/aromatic N) is 1. The van der Waals surface area contributed by atoms with Gasteiger partial charge >= 0.3 is 5.97 Å². The van der Waals surface area contributed by atoms with Gasteiger partial charge in [0.1, 0.15) is 12.1 Å². The van der Waals surface area contributed by atoms with Crippen LogP contribution in [0.2, 0.25) is 0 Å². The summed E-state index contributed by atoms with van der Waals surface area (Å²) in [5, 5.41) is 20.3. The molecule has 2 N–H and O–H groups in total. The van der Waals surface area contributed by atoms with E-state index in [1.54, 1.807) is 12.1 Å². The number of hydrogen-bond acceptors (Lipinski definition) is 3. The van der Waals surface area contributed by atoms with Crippen molar-refractivity contribution in [2.75, 3.05) is 5.32 Å². The number of nitrogens with one attached hydrogen (secondary N) is 1. The van der Waals surface area contributed by atoms with Gasteiger partial charge < -0.3 is 10.4 Å². The van der Waals surface area contributed by atoms with Gasteiger partial charge in [-0.05, 0) is 31.5 Å². The maximum Gasteiger partial charge on any atom is 0.325 e. The number of hydrogen-bond donors (Lipinski definition) is 2. The first kappa shape index (κ1) is 11.1. The standard InChI is InChI=1S/C11H12N2O2/c1-7-3-4-9(6-12)10(5-7)13-8(2)11(14)15/h3-5,8,13H,1-2H3,(H,14,15). The molecule has 0 radical (unpaired) electrons. The molecular formula is C11H12N2O2. The zero-order valence-electron chi connectivity index (χ0n) is 8.61. The van der Waals surface area contributed by atoms with Gasteiger partial charge in [0.05, 0.1) is 11.3 Å². The lowest BCUT2D eigenvalue weighted by Crippen LogP contribution is -2.25. The van der Waals surface area contributed by atoms with E-state index in [0.29, 0.717) is 11.3 Å². The molecule has 0 spiro atoms. The molecule has 0 fully saturated rings. The Hall–Kier alpha value is -2.02. The fourth-order valence-corrected chi connectivity index (χ4v) is 1.17. The molecule has 0 saturated heterocycles. The van der Waals surface area contributed by atoms with E-state index >= 15 is 0 Å². The first-order valence-corrected chi connectivity index (χ1v) is 4.54. The third-order valence-electron chi connectivity index (χ3n) is 2.04. The summed E-state index contributed by atoms with van der Waals surface area (Å²) in [6.07, 6.45) is 0. The van der Waals surface area contributed by atoms with E-state index in [1.165, 1.54) is 6.92 Å². The minimum absolute atomic E-state index is 0.453. The smallest absolute Gasteiger partial charge is 0.325 e. The number of benzene rings is 1. The summed E-state index contributed by atoms with van der Waals surface area (Å²) in [6, 6.07) is 6.55. The maximum absolute atomic E-state index is 10.6. The minimum atomic E-state index is -0.944. The lowest BCUT2D eigenvalue weighted by molar-refractivity contribution is -0.137. The molecule has 15 heavy (non-hydrogen) atoms. The first-order valence-electron chi connectivity index (χ1n) is 4.54. The third-order valence-corrected chi connectivity index (χ3v) is 2.04. The van der Waals surface area contributed by atoms with E-state index in [-0.39, 0.29) is 0 Å². The van der Waals surface area contributed by atoms with Crippen molar-refractivity contribution in [3.8, 4) is 6.07 Å². The summed E-state index contributed by atoms with van der Waals surface area (Å²) in [4.78, 5) is 10.6. The van der Waals surface area contributed by atoms with Gasteiger partial charge in [0.15, 0.2) is 0 Å². The van der Waals surface area contributed by atoms with Crippen LogP contribution in [0.4, 0.5) is 5.69 Å². The van der Waals surface area contributed by atoms with Crippen molar-refractivity contribution in [2.24, 2.45) is 0 Å². The molecule has 0 amide bonds. The van der Waals surface area contributed by atoms with Crippen LogP contribution in [0.25, 0.3) is 0 Å². The van der Waals surface area contributed by atoms with Crippen molar-refractivity contribution in [1.29, 1.82) is 5.26 Å². The topological polar surface area (TPSA) is 73.1 Å². The Balaban J connectivity index is 2.98. The van der Waals surface area contributed by atoms with Gasteiger partial charge in [-0.2, -0.15) is 5.26 Å². The van der Waals surface area contributed by atoms with E-state index in [4.69, 9.17) is 10.4 Å². The highest BCUT2D eigenvalue weighted by Gasteiger charge is 2.12. The number of anilines is 1. The van der Waals surface area contributed by atoms with Gasteiger partial charge in [0.2, 0.25) is 0 Å². The molecule has 0 bridgehead atoms. The Bertz CT molecular complexity index is 421. The maximum atomic E-state index is 10.6. The van der Waals surface area contributed by atoms with Gasteiger partial charge in [-0.3, -0.25) is 4.79 Å². The van der Waals surface area contributed by atoms with Crippen LogP contribution in [0.3, 0.4) is 0 Å². The summed E-state index contributed by atoms with van der Waals surface area (Å²) < 4.78 is 0. The molecule has 0 aliphatic rings. The molecule has 78 valence electrons. The van der Waals surface area contributed by atoms with Crippen LogP contribution < -0.4 is 5.32 Å². The van der Waals surface area contributed by atoms with E-state index < -0.39 is 12.0 Å². The fraction of sp³-hybridized carbons (Fsp3) is 0.273. The van der Waals surface area contributed by atoms with Crippen molar-refractivity contribution < 1.29 is 9.90 Å². The quantitative estimate of drug-likeness (QED) is 0.786. The third kappa shape index (κ3) is 2.71. The minimum Gasteiger partial charge on any atom is -0.480 e. The summed E-state index contributed by atoms with van der Waals surface area (Å²) >= 11 is 0. The Morgan fingerprint density at radius 2 is 2.27 bits per heavy atom. The zero-order valence-corrected chi connectivity index (χ0v) is 8.61. The van der Waals surface area contributed by atoms with Gasteiger partial charge in [-0.1, -0.05) is 6.07 Å². The predicted molar refractivity (Wildman–Crippen MR) is 56.6 cm³/mol. The zero-order chi connectivity index (χ0) is 11.4. The predicted octanol–water partition coefficient (Wildman–Crippen LogP) is 1.75. The number of rotatable bonds is 3. The molecule has 4 nitrogen and oxygen atoms in total. The lowest BCUT2D eigenvalue weighted by Gasteiger charge is -2.12. The fourth-order valence-electron chi connectivity index (χ4n) is 1.17. The highest BCUT2D eigenvalue weighted by Crippen LogP contribution is 2.17. The van der Waals surface area contributed by atoms with Crippen LogP contribution in [-0.4, -0.2) is 17.1 Å². The Labute approximate surface area is 88.2 Å². The van der Waals surface area contributed by atoms with Crippen molar-refractivity contribution in [3.63, 3.8) is 0 Å². The van der Waals surface area contributed by atoms with Gasteiger partial charge in [-0.25, -0.2) is 0 Å². The number of carboxylic acids is 1. The van der Waals surface area contributed by atoms with Crippen molar-refractivity contribution in [2.45, 2.75) is 19.9 Å². The molecule has 1 rings (SSSR count). The van der Waals surface area contributed by atoms with E-state index in [0.717, 1.165) is 5.56 Å². The summed E-state index contributed by atoms with van der Waals surface area (Å²) in [5.74, 6) is -0.944. The Kier molecular flexibility index (Phi) is 3.29. The molecule has 1 atom stereocenters. The van der Waals surface area contributed by atoms with Crippen molar-refractivity contribution in [1.82, 2.24) is 0 Å². The first-order chi connectivity index (χ1) is 7.04. The number of carbonyl (C=O) groups is 1. The van der Waals surface area contributed by atoms with Gasteiger partial charge in [0.25, 0.3) is 0 Å². The van der Waals surface area contributed by atoms with E-state index in [2.05, 4.69) is 5.32 Å². The van der Waals surface area contributed by atoms with Gasteiger partial charge in [-0.15, -0.1) is 0 Å². The number of aryl methyl sites for hydroxylation is 1. The van der Waals surface area contributed by atoms with E-state index in [9.17, 15) is 4.79 Å². The monoisotopic (exact) mass is 204 g/mol. The molecule has 1 aromatic rings. The number of aliphatic carboxylic acids is 1. The average Bonchev–Trinajstić information content (AvgIpc) is 2.18. The summed E-state index contributed by atoms with van der Waals surface area (Å²) in [6.45, 7) is 3.42. The molecule has 1 aromatic carbocycles. The van der Waals surface area contributed by atoms with Crippen molar-refractivity contribution in [3.05, 3.63) is 29.3 Å². The normalized spacial score (nSPS) is 11.5. The van der Waals surface area contributed by atoms with Crippen LogP contribution in [0, 0.1) is 18.3 Å². The molecule has 4 heteroatoms. The Morgan fingerprint density at radius 1 is 1.60 bits per heavy atom. The second kappa shape index (κ2) is 4.47. The lowest BCUT2D eigenvalue weighted by atomic mass is 10.1. The highest BCUT2D eigenvalue weighted by atomic mass is 16.4. The molecule has 0 aromatic heterocycles. The number of carboxylic acid groups (broad SMARTS) is 1. The van der Waals surface area contributed by atoms with Crippen LogP contribution in [0.1, 0.15) is 18.1 Å².